The van der Waals surface area contributed by atoms with E-state index in [0.29, 0.717) is 12.0 Å². The molecule has 1 aliphatic heterocycles. The van der Waals surface area contributed by atoms with Gasteiger partial charge in [0.1, 0.15) is 0 Å². The van der Waals surface area contributed by atoms with E-state index in [1.807, 2.05) is 0 Å². The van der Waals surface area contributed by atoms with Crippen molar-refractivity contribution in [1.29, 1.82) is 0 Å². The highest BCUT2D eigenvalue weighted by molar-refractivity contribution is 7.98. The zero-order valence-corrected chi connectivity index (χ0v) is 14.0. The SMILES string of the molecule is CN1CCC[C@H]2c3cccc4c3c(cn4CSCCO)C[C@@H]21. The van der Waals surface area contributed by atoms with Crippen LogP contribution in [-0.4, -0.2) is 46.6 Å². The molecule has 2 heterocycles. The third kappa shape index (κ3) is 2.29. The number of hydrogen-bond donors (Lipinski definition) is 1. The number of nitrogens with zero attached hydrogens (tertiary/aromatic N) is 2. The van der Waals surface area contributed by atoms with Crippen LogP contribution in [0.2, 0.25) is 0 Å². The molecule has 0 amide bonds. The molecular weight excluding hydrogens is 292 g/mol. The summed E-state index contributed by atoms with van der Waals surface area (Å²) < 4.78 is 2.38. The van der Waals surface area contributed by atoms with E-state index in [4.69, 9.17) is 5.11 Å². The minimum absolute atomic E-state index is 0.261. The van der Waals surface area contributed by atoms with Gasteiger partial charge >= 0.3 is 0 Å². The second-order valence-corrected chi connectivity index (χ2v) is 7.70. The first-order valence-electron chi connectivity index (χ1n) is 8.29. The molecule has 22 heavy (non-hydrogen) atoms. The standard InChI is InChI=1S/C18H24N2OS/c1-19-7-3-5-14-15-4-2-6-16-18(15)13(10-17(14)19)11-20(16)12-22-9-8-21/h2,4,6,11,14,17,21H,3,5,7-10,12H2,1H3/t14-,17-/m0/s1. The maximum atomic E-state index is 9.00. The molecule has 1 fully saturated rings. The normalized spacial score (nSPS) is 24.6. The maximum absolute atomic E-state index is 9.00. The number of fused-ring (bicyclic) bond motifs is 2. The zero-order chi connectivity index (χ0) is 15.1. The van der Waals surface area contributed by atoms with Crippen molar-refractivity contribution in [3.63, 3.8) is 0 Å². The number of aliphatic hydroxyl groups excluding tert-OH is 1. The number of aliphatic hydroxyl groups is 1. The fourth-order valence-electron chi connectivity index (χ4n) is 4.38. The molecule has 118 valence electrons. The molecule has 0 spiro atoms. The first kappa shape index (κ1) is 14.6. The van der Waals surface area contributed by atoms with Crippen LogP contribution in [0.1, 0.15) is 29.9 Å². The van der Waals surface area contributed by atoms with Crippen molar-refractivity contribution < 1.29 is 5.11 Å². The molecule has 3 nitrogen and oxygen atoms in total. The summed E-state index contributed by atoms with van der Waals surface area (Å²) in [7, 11) is 2.29. The second kappa shape index (κ2) is 5.91. The summed E-state index contributed by atoms with van der Waals surface area (Å²) in [5.41, 5.74) is 4.47. The number of likely N-dealkylation sites (tertiary alicyclic amines) is 1. The Kier molecular flexibility index (Phi) is 3.93. The van der Waals surface area contributed by atoms with Crippen LogP contribution in [0, 0.1) is 0 Å². The lowest BCUT2D eigenvalue weighted by molar-refractivity contribution is 0.157. The van der Waals surface area contributed by atoms with E-state index in [1.54, 1.807) is 17.3 Å². The monoisotopic (exact) mass is 316 g/mol. The smallest absolute Gasteiger partial charge is 0.0683 e. The Hall–Kier alpha value is -0.970. The fourth-order valence-corrected chi connectivity index (χ4v) is 5.05. The van der Waals surface area contributed by atoms with Crippen molar-refractivity contribution in [3.8, 4) is 0 Å². The summed E-state index contributed by atoms with van der Waals surface area (Å²) in [4.78, 5) is 2.56. The van der Waals surface area contributed by atoms with Gasteiger partial charge in [-0.2, -0.15) is 0 Å². The van der Waals surface area contributed by atoms with Crippen LogP contribution < -0.4 is 0 Å². The molecule has 4 heteroatoms. The largest absolute Gasteiger partial charge is 0.396 e. The van der Waals surface area contributed by atoms with E-state index in [0.717, 1.165) is 11.6 Å². The average Bonchev–Trinajstić information content (AvgIpc) is 2.89. The second-order valence-electron chi connectivity index (χ2n) is 6.63. The summed E-state index contributed by atoms with van der Waals surface area (Å²) in [6.07, 6.45) is 6.19. The predicted molar refractivity (Wildman–Crippen MR) is 93.6 cm³/mol. The Morgan fingerprint density at radius 3 is 3.14 bits per heavy atom. The van der Waals surface area contributed by atoms with Crippen molar-refractivity contribution in [2.45, 2.75) is 37.1 Å². The summed E-state index contributed by atoms with van der Waals surface area (Å²) in [6.45, 7) is 1.50. The van der Waals surface area contributed by atoms with Gasteiger partial charge in [-0.15, -0.1) is 11.8 Å². The number of benzene rings is 1. The lowest BCUT2D eigenvalue weighted by Crippen LogP contribution is -2.44. The zero-order valence-electron chi connectivity index (χ0n) is 13.2. The Morgan fingerprint density at radius 1 is 1.36 bits per heavy atom. The Bertz CT molecular complexity index is 681. The molecule has 0 saturated carbocycles. The van der Waals surface area contributed by atoms with Gasteiger partial charge in [0.25, 0.3) is 0 Å². The van der Waals surface area contributed by atoms with Gasteiger partial charge in [0.05, 0.1) is 12.5 Å². The molecule has 2 atom stereocenters. The van der Waals surface area contributed by atoms with Crippen LogP contribution in [0.5, 0.6) is 0 Å². The summed E-state index contributed by atoms with van der Waals surface area (Å²) >= 11 is 1.80. The summed E-state index contributed by atoms with van der Waals surface area (Å²) in [5.74, 6) is 2.45. The van der Waals surface area contributed by atoms with Crippen LogP contribution in [0.3, 0.4) is 0 Å². The van der Waals surface area contributed by atoms with Crippen LogP contribution >= 0.6 is 11.8 Å². The number of thioether (sulfide) groups is 1. The third-order valence-electron chi connectivity index (χ3n) is 5.37. The van der Waals surface area contributed by atoms with Gasteiger partial charge in [-0.25, -0.2) is 0 Å². The first-order chi connectivity index (χ1) is 10.8. The number of rotatable bonds is 4. The van der Waals surface area contributed by atoms with E-state index in [-0.39, 0.29) is 6.61 Å². The van der Waals surface area contributed by atoms with Crippen molar-refractivity contribution >= 4 is 22.7 Å². The van der Waals surface area contributed by atoms with E-state index in [1.165, 1.54) is 42.3 Å². The van der Waals surface area contributed by atoms with Crippen molar-refractivity contribution in [3.05, 3.63) is 35.5 Å². The number of piperidine rings is 1. The highest BCUT2D eigenvalue weighted by Gasteiger charge is 2.36. The highest BCUT2D eigenvalue weighted by Crippen LogP contribution is 2.43. The molecule has 1 aromatic carbocycles. The number of likely N-dealkylation sites (N-methyl/N-ethyl adjacent to an activating group) is 1. The number of hydrogen-bond acceptors (Lipinski definition) is 3. The van der Waals surface area contributed by atoms with E-state index in [2.05, 4.69) is 40.9 Å². The molecule has 1 aromatic heterocycles. The quantitative estimate of drug-likeness (QED) is 0.879. The van der Waals surface area contributed by atoms with Gasteiger partial charge in [0.2, 0.25) is 0 Å². The van der Waals surface area contributed by atoms with Gasteiger partial charge in [-0.3, -0.25) is 0 Å². The average molecular weight is 316 g/mol. The van der Waals surface area contributed by atoms with Crippen LogP contribution in [0.4, 0.5) is 0 Å². The Balaban J connectivity index is 1.76. The third-order valence-corrected chi connectivity index (χ3v) is 6.30. The van der Waals surface area contributed by atoms with Crippen LogP contribution in [0.25, 0.3) is 10.9 Å². The van der Waals surface area contributed by atoms with Crippen LogP contribution in [-0.2, 0) is 12.3 Å². The molecule has 1 saturated heterocycles. The molecule has 1 aliphatic carbocycles. The molecule has 0 bridgehead atoms. The van der Waals surface area contributed by atoms with Gasteiger partial charge in [0.15, 0.2) is 0 Å². The molecule has 0 radical (unpaired) electrons. The van der Waals surface area contributed by atoms with Gasteiger partial charge in [0, 0.05) is 34.8 Å². The van der Waals surface area contributed by atoms with Crippen molar-refractivity contribution in [1.82, 2.24) is 9.47 Å². The van der Waals surface area contributed by atoms with Crippen LogP contribution in [0.15, 0.2) is 24.4 Å². The summed E-state index contributed by atoms with van der Waals surface area (Å²) in [5, 5.41) is 10.5. The van der Waals surface area contributed by atoms with E-state index >= 15 is 0 Å². The first-order valence-corrected chi connectivity index (χ1v) is 9.44. The van der Waals surface area contributed by atoms with Crippen molar-refractivity contribution in [2.75, 3.05) is 26.0 Å². The van der Waals surface area contributed by atoms with E-state index in [9.17, 15) is 0 Å². The summed E-state index contributed by atoms with van der Waals surface area (Å²) in [6, 6.07) is 7.51. The molecule has 4 rings (SSSR count). The molecule has 2 aliphatic rings. The maximum Gasteiger partial charge on any atom is 0.0683 e. The molecule has 1 N–H and O–H groups in total. The lowest BCUT2D eigenvalue weighted by Gasteiger charge is -2.42. The minimum atomic E-state index is 0.261. The molecule has 0 unspecified atom stereocenters. The van der Waals surface area contributed by atoms with Gasteiger partial charge < -0.3 is 14.6 Å². The van der Waals surface area contributed by atoms with E-state index < -0.39 is 0 Å². The lowest BCUT2D eigenvalue weighted by atomic mass is 9.75. The number of aromatic nitrogens is 1. The van der Waals surface area contributed by atoms with Crippen molar-refractivity contribution in [2.24, 2.45) is 0 Å². The Labute approximate surface area is 136 Å². The fraction of sp³-hybridized carbons (Fsp3) is 0.556. The Morgan fingerprint density at radius 2 is 2.27 bits per heavy atom. The topological polar surface area (TPSA) is 28.4 Å². The molecule has 2 aromatic rings. The minimum Gasteiger partial charge on any atom is -0.396 e. The van der Waals surface area contributed by atoms with Gasteiger partial charge in [-0.1, -0.05) is 12.1 Å². The predicted octanol–water partition coefficient (Wildman–Crippen LogP) is 3.06. The highest BCUT2D eigenvalue weighted by atomic mass is 32.2. The molecular formula is C18H24N2OS. The van der Waals surface area contributed by atoms with Gasteiger partial charge in [-0.05, 0) is 50.0 Å².